The standard InChI is InChI=1S/C19H23N5O4/c1-23(17(25)12-22-19(26)27)13-14-3-2-4-15(9-14)16-10-20-18(21-11-16)24-5-7-28-8-6-24/h2-4,9-11,22H,5-8,12-13H2,1H3,(H,26,27). The highest BCUT2D eigenvalue weighted by molar-refractivity contribution is 5.81. The van der Waals surface area contributed by atoms with Gasteiger partial charge < -0.3 is 25.0 Å². The molecule has 1 aliphatic heterocycles. The number of rotatable bonds is 6. The van der Waals surface area contributed by atoms with Crippen LogP contribution in [0, 0.1) is 0 Å². The Hall–Kier alpha value is -3.20. The number of morpholine rings is 1. The van der Waals surface area contributed by atoms with Crippen LogP contribution in [-0.2, 0) is 16.1 Å². The van der Waals surface area contributed by atoms with Crippen molar-refractivity contribution in [2.24, 2.45) is 0 Å². The van der Waals surface area contributed by atoms with Crippen LogP contribution < -0.4 is 10.2 Å². The largest absolute Gasteiger partial charge is 0.465 e. The number of carboxylic acid groups (broad SMARTS) is 1. The van der Waals surface area contributed by atoms with E-state index < -0.39 is 6.09 Å². The van der Waals surface area contributed by atoms with E-state index in [2.05, 4.69) is 20.2 Å². The molecule has 1 aromatic carbocycles. The van der Waals surface area contributed by atoms with Gasteiger partial charge in [0.25, 0.3) is 0 Å². The maximum absolute atomic E-state index is 12.0. The number of likely N-dealkylation sites (N-methyl/N-ethyl adjacent to an activating group) is 1. The predicted octanol–water partition coefficient (Wildman–Crippen LogP) is 1.21. The van der Waals surface area contributed by atoms with Crippen molar-refractivity contribution < 1.29 is 19.4 Å². The van der Waals surface area contributed by atoms with Crippen molar-refractivity contribution >= 4 is 17.9 Å². The van der Waals surface area contributed by atoms with Gasteiger partial charge in [0.15, 0.2) is 0 Å². The summed E-state index contributed by atoms with van der Waals surface area (Å²) in [4.78, 5) is 35.0. The number of benzene rings is 1. The lowest BCUT2D eigenvalue weighted by molar-refractivity contribution is -0.129. The van der Waals surface area contributed by atoms with Crippen LogP contribution in [0.1, 0.15) is 5.56 Å². The molecule has 0 atom stereocenters. The van der Waals surface area contributed by atoms with Crippen LogP contribution in [-0.4, -0.2) is 71.9 Å². The van der Waals surface area contributed by atoms with Gasteiger partial charge in [-0.3, -0.25) is 4.79 Å². The lowest BCUT2D eigenvalue weighted by Crippen LogP contribution is -2.37. The highest BCUT2D eigenvalue weighted by atomic mass is 16.5. The molecule has 2 N–H and O–H groups in total. The highest BCUT2D eigenvalue weighted by Gasteiger charge is 2.14. The van der Waals surface area contributed by atoms with Gasteiger partial charge in [-0.1, -0.05) is 18.2 Å². The van der Waals surface area contributed by atoms with Crippen LogP contribution in [0.5, 0.6) is 0 Å². The second kappa shape index (κ2) is 9.14. The minimum absolute atomic E-state index is 0.248. The van der Waals surface area contributed by atoms with Crippen molar-refractivity contribution in [1.82, 2.24) is 20.2 Å². The third-order valence-corrected chi connectivity index (χ3v) is 4.43. The molecular weight excluding hydrogens is 362 g/mol. The Morgan fingerprint density at radius 2 is 1.93 bits per heavy atom. The molecule has 28 heavy (non-hydrogen) atoms. The number of amides is 2. The van der Waals surface area contributed by atoms with Crippen LogP contribution in [0.25, 0.3) is 11.1 Å². The summed E-state index contributed by atoms with van der Waals surface area (Å²) < 4.78 is 5.34. The number of hydrogen-bond acceptors (Lipinski definition) is 6. The van der Waals surface area contributed by atoms with Gasteiger partial charge in [0.05, 0.1) is 13.2 Å². The normalized spacial score (nSPS) is 13.8. The Kier molecular flexibility index (Phi) is 6.38. The van der Waals surface area contributed by atoms with Crippen molar-refractivity contribution in [2.45, 2.75) is 6.54 Å². The smallest absolute Gasteiger partial charge is 0.405 e. The molecule has 0 bridgehead atoms. The summed E-state index contributed by atoms with van der Waals surface area (Å²) in [6, 6.07) is 7.77. The molecule has 0 unspecified atom stereocenters. The summed E-state index contributed by atoms with van der Waals surface area (Å²) in [5.41, 5.74) is 2.77. The van der Waals surface area contributed by atoms with Gasteiger partial charge in [0, 0.05) is 44.6 Å². The third kappa shape index (κ3) is 5.17. The van der Waals surface area contributed by atoms with Crippen molar-refractivity contribution in [2.75, 3.05) is 44.8 Å². The minimum atomic E-state index is -1.22. The molecule has 0 spiro atoms. The molecule has 3 rings (SSSR count). The fourth-order valence-electron chi connectivity index (χ4n) is 2.89. The second-order valence-electron chi connectivity index (χ2n) is 6.48. The number of carbonyl (C=O) groups is 2. The van der Waals surface area contributed by atoms with Crippen molar-refractivity contribution in [3.63, 3.8) is 0 Å². The van der Waals surface area contributed by atoms with E-state index in [-0.39, 0.29) is 12.5 Å². The van der Waals surface area contributed by atoms with Crippen LogP contribution in [0.3, 0.4) is 0 Å². The van der Waals surface area contributed by atoms with Gasteiger partial charge in [0.1, 0.15) is 6.54 Å². The second-order valence-corrected chi connectivity index (χ2v) is 6.48. The minimum Gasteiger partial charge on any atom is -0.465 e. The predicted molar refractivity (Wildman–Crippen MR) is 103 cm³/mol. The van der Waals surface area contributed by atoms with Crippen molar-refractivity contribution in [1.29, 1.82) is 0 Å². The van der Waals surface area contributed by atoms with Gasteiger partial charge in [-0.15, -0.1) is 0 Å². The van der Waals surface area contributed by atoms with Gasteiger partial charge in [0.2, 0.25) is 11.9 Å². The number of carbonyl (C=O) groups excluding carboxylic acids is 1. The van der Waals surface area contributed by atoms with E-state index in [1.807, 2.05) is 24.3 Å². The SMILES string of the molecule is CN(Cc1cccc(-c2cnc(N3CCOCC3)nc2)c1)C(=O)CNC(=O)O. The molecule has 0 aliphatic carbocycles. The first kappa shape index (κ1) is 19.6. The summed E-state index contributed by atoms with van der Waals surface area (Å²) in [5.74, 6) is 0.394. The molecule has 2 amide bonds. The summed E-state index contributed by atoms with van der Waals surface area (Å²) in [6.45, 7) is 3.06. The van der Waals surface area contributed by atoms with Crippen molar-refractivity contribution in [3.05, 3.63) is 42.2 Å². The Labute approximate surface area is 163 Å². The summed E-state index contributed by atoms with van der Waals surface area (Å²) in [7, 11) is 1.64. The molecule has 0 radical (unpaired) electrons. The molecule has 9 heteroatoms. The van der Waals surface area contributed by atoms with Gasteiger partial charge in [-0.2, -0.15) is 0 Å². The molecule has 1 saturated heterocycles. The number of aromatic nitrogens is 2. The lowest BCUT2D eigenvalue weighted by Gasteiger charge is -2.26. The summed E-state index contributed by atoms with van der Waals surface area (Å²) >= 11 is 0. The Morgan fingerprint density at radius 3 is 2.61 bits per heavy atom. The first-order valence-corrected chi connectivity index (χ1v) is 8.98. The fourth-order valence-corrected chi connectivity index (χ4v) is 2.89. The Bertz CT molecular complexity index is 821. The van der Waals surface area contributed by atoms with Gasteiger partial charge >= 0.3 is 6.09 Å². The summed E-state index contributed by atoms with van der Waals surface area (Å²) in [6.07, 6.45) is 2.37. The first-order chi connectivity index (χ1) is 13.5. The topological polar surface area (TPSA) is 108 Å². The maximum Gasteiger partial charge on any atom is 0.405 e. The number of anilines is 1. The average molecular weight is 385 g/mol. The molecule has 2 heterocycles. The number of nitrogens with zero attached hydrogens (tertiary/aromatic N) is 4. The zero-order valence-electron chi connectivity index (χ0n) is 15.7. The van der Waals surface area contributed by atoms with E-state index in [1.54, 1.807) is 19.4 Å². The van der Waals surface area contributed by atoms with Crippen molar-refractivity contribution in [3.8, 4) is 11.1 Å². The number of hydrogen-bond donors (Lipinski definition) is 2. The lowest BCUT2D eigenvalue weighted by atomic mass is 10.1. The molecule has 1 aromatic heterocycles. The zero-order chi connectivity index (χ0) is 19.9. The zero-order valence-corrected chi connectivity index (χ0v) is 15.7. The van der Waals surface area contributed by atoms with Crippen LogP contribution >= 0.6 is 0 Å². The molecular formula is C19H23N5O4. The van der Waals surface area contributed by atoms with Crippen LogP contribution in [0.15, 0.2) is 36.7 Å². The Morgan fingerprint density at radius 1 is 1.21 bits per heavy atom. The average Bonchev–Trinajstić information content (AvgIpc) is 2.73. The summed E-state index contributed by atoms with van der Waals surface area (Å²) in [5, 5.41) is 10.7. The van der Waals surface area contributed by atoms with Crippen LogP contribution in [0.4, 0.5) is 10.7 Å². The maximum atomic E-state index is 12.0. The molecule has 9 nitrogen and oxygen atoms in total. The van der Waals surface area contributed by atoms with E-state index in [0.29, 0.717) is 25.7 Å². The third-order valence-electron chi connectivity index (χ3n) is 4.43. The number of nitrogens with one attached hydrogen (secondary N) is 1. The molecule has 2 aromatic rings. The van der Waals surface area contributed by atoms with E-state index >= 15 is 0 Å². The molecule has 1 aliphatic rings. The molecule has 0 saturated carbocycles. The molecule has 148 valence electrons. The molecule has 1 fully saturated rings. The van der Waals surface area contributed by atoms with E-state index in [0.717, 1.165) is 29.8 Å². The van der Waals surface area contributed by atoms with Crippen LogP contribution in [0.2, 0.25) is 0 Å². The highest BCUT2D eigenvalue weighted by Crippen LogP contribution is 2.21. The van der Waals surface area contributed by atoms with Gasteiger partial charge in [-0.05, 0) is 17.2 Å². The monoisotopic (exact) mass is 385 g/mol. The van der Waals surface area contributed by atoms with E-state index in [9.17, 15) is 9.59 Å². The number of ether oxygens (including phenoxy) is 1. The fraction of sp³-hybridized carbons (Fsp3) is 0.368. The quantitative estimate of drug-likeness (QED) is 0.769. The van der Waals surface area contributed by atoms with E-state index in [4.69, 9.17) is 9.84 Å². The first-order valence-electron chi connectivity index (χ1n) is 8.98. The Balaban J connectivity index is 1.65. The van der Waals surface area contributed by atoms with E-state index in [1.165, 1.54) is 4.90 Å². The van der Waals surface area contributed by atoms with Gasteiger partial charge in [-0.25, -0.2) is 14.8 Å².